The molecule has 0 bridgehead atoms. The Morgan fingerprint density at radius 2 is 0.889 bits per heavy atom. The van der Waals surface area contributed by atoms with E-state index in [4.69, 9.17) is 0 Å². The maximum Gasteiger partial charge on any atom is 0.220 e. The van der Waals surface area contributed by atoms with Gasteiger partial charge in [-0.05, 0) is 38.5 Å². The van der Waals surface area contributed by atoms with E-state index in [1.807, 2.05) is 0 Å². The van der Waals surface area contributed by atoms with Crippen molar-refractivity contribution in [1.29, 1.82) is 0 Å². The van der Waals surface area contributed by atoms with E-state index in [0.717, 1.165) is 38.5 Å². The summed E-state index contributed by atoms with van der Waals surface area (Å²) >= 11 is 0. The largest absolute Gasteiger partial charge is 0.394 e. The zero-order chi connectivity index (χ0) is 33.1. The third kappa shape index (κ3) is 31.5. The van der Waals surface area contributed by atoms with Gasteiger partial charge in [-0.3, -0.25) is 4.79 Å². The fourth-order valence-corrected chi connectivity index (χ4v) is 6.21. The van der Waals surface area contributed by atoms with Gasteiger partial charge in [0.05, 0.1) is 18.8 Å². The van der Waals surface area contributed by atoms with Gasteiger partial charge in [-0.15, -0.1) is 0 Å². The second-order valence-corrected chi connectivity index (χ2v) is 13.8. The van der Waals surface area contributed by atoms with Gasteiger partial charge in [0.25, 0.3) is 0 Å². The fourth-order valence-electron chi connectivity index (χ4n) is 6.21. The van der Waals surface area contributed by atoms with Crippen LogP contribution < -0.4 is 5.32 Å². The van der Waals surface area contributed by atoms with Crippen molar-refractivity contribution < 1.29 is 20.1 Å². The van der Waals surface area contributed by atoms with E-state index in [9.17, 15) is 20.1 Å². The van der Waals surface area contributed by atoms with E-state index >= 15 is 0 Å². The smallest absolute Gasteiger partial charge is 0.220 e. The van der Waals surface area contributed by atoms with Crippen molar-refractivity contribution in [2.75, 3.05) is 6.61 Å². The molecule has 0 aliphatic carbocycles. The summed E-state index contributed by atoms with van der Waals surface area (Å²) in [5.74, 6) is -0.149. The number of unbranched alkanes of at least 4 members (excludes halogenated alkanes) is 26. The highest BCUT2D eigenvalue weighted by molar-refractivity contribution is 5.76. The lowest BCUT2D eigenvalue weighted by molar-refractivity contribution is -0.124. The molecule has 0 fully saturated rings. The summed E-state index contributed by atoms with van der Waals surface area (Å²) in [6, 6.07) is -0.806. The molecule has 45 heavy (non-hydrogen) atoms. The van der Waals surface area contributed by atoms with E-state index in [1.165, 1.54) is 148 Å². The molecule has 0 rings (SSSR count). The Kier molecular flexibility index (Phi) is 35.2. The summed E-state index contributed by atoms with van der Waals surface area (Å²) in [6.07, 6.45) is 40.2. The molecule has 0 aromatic carbocycles. The van der Waals surface area contributed by atoms with E-state index < -0.39 is 18.2 Å². The van der Waals surface area contributed by atoms with Crippen molar-refractivity contribution in [3.8, 4) is 0 Å². The molecule has 268 valence electrons. The number of allylic oxidation sites excluding steroid dienone is 2. The lowest BCUT2D eigenvalue weighted by atomic mass is 9.99. The van der Waals surface area contributed by atoms with Gasteiger partial charge in [-0.1, -0.05) is 180 Å². The SMILES string of the molecule is CCCCCCCC/C=C\CCCCCCCCCC(=O)NC(CO)C(O)C(O)CCCCCCCCCCCCCCCC. The van der Waals surface area contributed by atoms with Crippen LogP contribution in [0.2, 0.25) is 0 Å². The van der Waals surface area contributed by atoms with Gasteiger partial charge in [0.1, 0.15) is 6.10 Å². The molecular weight excluding hydrogens is 558 g/mol. The predicted molar refractivity (Wildman–Crippen MR) is 195 cm³/mol. The van der Waals surface area contributed by atoms with Crippen LogP contribution in [0, 0.1) is 0 Å². The third-order valence-electron chi connectivity index (χ3n) is 9.37. The molecule has 0 aromatic rings. The van der Waals surface area contributed by atoms with Gasteiger partial charge >= 0.3 is 0 Å². The Hall–Kier alpha value is -0.910. The number of nitrogens with one attached hydrogen (secondary N) is 1. The van der Waals surface area contributed by atoms with Crippen molar-refractivity contribution in [3.05, 3.63) is 12.2 Å². The molecule has 4 N–H and O–H groups in total. The Balaban J connectivity index is 3.66. The summed E-state index contributed by atoms with van der Waals surface area (Å²) in [6.45, 7) is 4.17. The van der Waals surface area contributed by atoms with Gasteiger partial charge in [-0.2, -0.15) is 0 Å². The number of aliphatic hydroxyl groups excluding tert-OH is 3. The first-order valence-corrected chi connectivity index (χ1v) is 20.0. The lowest BCUT2D eigenvalue weighted by Gasteiger charge is -2.26. The van der Waals surface area contributed by atoms with Crippen LogP contribution in [0.1, 0.15) is 213 Å². The first-order valence-electron chi connectivity index (χ1n) is 20.0. The Morgan fingerprint density at radius 1 is 0.533 bits per heavy atom. The zero-order valence-electron chi connectivity index (χ0n) is 30.3. The standard InChI is InChI=1S/C40H79NO4/c1-3-5-7-9-11-13-15-17-19-20-21-23-25-27-29-31-33-35-39(44)41-37(36-42)40(45)38(43)34-32-30-28-26-24-22-18-16-14-12-10-8-6-4-2/h17,19,37-38,40,42-43,45H,3-16,18,20-36H2,1-2H3,(H,41,44)/b19-17-. The maximum atomic E-state index is 12.4. The van der Waals surface area contributed by atoms with E-state index in [0.29, 0.717) is 12.8 Å². The van der Waals surface area contributed by atoms with Crippen molar-refractivity contribution in [2.45, 2.75) is 231 Å². The number of amides is 1. The molecule has 0 aliphatic heterocycles. The maximum absolute atomic E-state index is 12.4. The van der Waals surface area contributed by atoms with Gasteiger partial charge in [0, 0.05) is 6.42 Å². The van der Waals surface area contributed by atoms with Gasteiger partial charge in [0.2, 0.25) is 5.91 Å². The molecule has 3 atom stereocenters. The van der Waals surface area contributed by atoms with Crippen LogP contribution in [0.5, 0.6) is 0 Å². The van der Waals surface area contributed by atoms with Gasteiger partial charge in [-0.25, -0.2) is 0 Å². The van der Waals surface area contributed by atoms with Gasteiger partial charge in [0.15, 0.2) is 0 Å². The number of hydrogen-bond donors (Lipinski definition) is 4. The van der Waals surface area contributed by atoms with E-state index in [-0.39, 0.29) is 12.5 Å². The third-order valence-corrected chi connectivity index (χ3v) is 9.37. The normalized spacial score (nSPS) is 13.8. The first kappa shape index (κ1) is 44.1. The Morgan fingerprint density at radius 3 is 1.29 bits per heavy atom. The summed E-state index contributed by atoms with van der Waals surface area (Å²) in [5, 5.41) is 33.4. The molecule has 0 saturated carbocycles. The second kappa shape index (κ2) is 35.9. The molecule has 0 radical (unpaired) electrons. The van der Waals surface area contributed by atoms with Crippen molar-refractivity contribution in [2.24, 2.45) is 0 Å². The minimum Gasteiger partial charge on any atom is -0.394 e. The monoisotopic (exact) mass is 638 g/mol. The topological polar surface area (TPSA) is 89.8 Å². The number of rotatable bonds is 36. The lowest BCUT2D eigenvalue weighted by Crippen LogP contribution is -2.50. The summed E-state index contributed by atoms with van der Waals surface area (Å²) < 4.78 is 0. The Bertz CT molecular complexity index is 625. The average Bonchev–Trinajstić information content (AvgIpc) is 3.04. The zero-order valence-corrected chi connectivity index (χ0v) is 30.3. The number of carbonyl (C=O) groups excluding carboxylic acids is 1. The average molecular weight is 638 g/mol. The molecule has 5 heteroatoms. The molecular formula is C40H79NO4. The fraction of sp³-hybridized carbons (Fsp3) is 0.925. The molecule has 1 amide bonds. The first-order chi connectivity index (χ1) is 22.1. The van der Waals surface area contributed by atoms with Crippen LogP contribution in [-0.4, -0.2) is 46.1 Å². The second-order valence-electron chi connectivity index (χ2n) is 13.8. The highest BCUT2D eigenvalue weighted by Gasteiger charge is 2.26. The molecule has 0 aromatic heterocycles. The highest BCUT2D eigenvalue weighted by atomic mass is 16.3. The number of hydrogen-bond acceptors (Lipinski definition) is 4. The van der Waals surface area contributed by atoms with Crippen LogP contribution >= 0.6 is 0 Å². The molecule has 0 spiro atoms. The van der Waals surface area contributed by atoms with E-state index in [1.54, 1.807) is 0 Å². The minimum absolute atomic E-state index is 0.149. The van der Waals surface area contributed by atoms with Crippen LogP contribution in [0.3, 0.4) is 0 Å². The quantitative estimate of drug-likeness (QED) is 0.0406. The molecule has 0 saturated heterocycles. The van der Waals surface area contributed by atoms with Crippen molar-refractivity contribution in [1.82, 2.24) is 5.32 Å². The molecule has 0 heterocycles. The van der Waals surface area contributed by atoms with Crippen LogP contribution in [0.25, 0.3) is 0 Å². The van der Waals surface area contributed by atoms with Crippen molar-refractivity contribution >= 4 is 5.91 Å². The predicted octanol–water partition coefficient (Wildman–Crippen LogP) is 10.9. The van der Waals surface area contributed by atoms with Crippen LogP contribution in [0.4, 0.5) is 0 Å². The summed E-state index contributed by atoms with van der Waals surface area (Å²) in [7, 11) is 0. The molecule has 3 unspecified atom stereocenters. The summed E-state index contributed by atoms with van der Waals surface area (Å²) in [4.78, 5) is 12.4. The highest BCUT2D eigenvalue weighted by Crippen LogP contribution is 2.16. The van der Waals surface area contributed by atoms with Crippen LogP contribution in [-0.2, 0) is 4.79 Å². The minimum atomic E-state index is -1.13. The molecule has 0 aliphatic rings. The van der Waals surface area contributed by atoms with E-state index in [2.05, 4.69) is 31.3 Å². The van der Waals surface area contributed by atoms with Crippen LogP contribution in [0.15, 0.2) is 12.2 Å². The molecule has 5 nitrogen and oxygen atoms in total. The number of carbonyl (C=O) groups is 1. The van der Waals surface area contributed by atoms with Gasteiger partial charge < -0.3 is 20.6 Å². The number of aliphatic hydroxyl groups is 3. The summed E-state index contributed by atoms with van der Waals surface area (Å²) in [5.41, 5.74) is 0. The Labute approximate surface area is 280 Å². The van der Waals surface area contributed by atoms with Crippen molar-refractivity contribution in [3.63, 3.8) is 0 Å².